The Kier molecular flexibility index (Phi) is 4.50. The zero-order chi connectivity index (χ0) is 13.8. The number of nitrogens with one attached hydrogen (secondary N) is 1. The predicted molar refractivity (Wildman–Crippen MR) is 72.7 cm³/mol. The molecular formula is C14H12BrF2NO. The van der Waals surface area contributed by atoms with E-state index in [1.807, 2.05) is 0 Å². The molecule has 0 radical (unpaired) electrons. The van der Waals surface area contributed by atoms with Gasteiger partial charge < -0.3 is 10.4 Å². The standard InChI is InChI=1S/C14H12BrF2NO/c15-13-3-1-11(16)5-9(13)7-18-8-10-6-12(17)2-4-14(10)19/h1-6,18-19H,7-8H2. The van der Waals surface area contributed by atoms with Crippen molar-refractivity contribution in [2.24, 2.45) is 0 Å². The SMILES string of the molecule is Oc1ccc(F)cc1CNCc1cc(F)ccc1Br. The summed E-state index contributed by atoms with van der Waals surface area (Å²) in [6.45, 7) is 0.709. The van der Waals surface area contributed by atoms with Crippen LogP contribution in [0.2, 0.25) is 0 Å². The van der Waals surface area contributed by atoms with Gasteiger partial charge in [-0.25, -0.2) is 8.78 Å². The van der Waals surface area contributed by atoms with E-state index < -0.39 is 5.82 Å². The van der Waals surface area contributed by atoms with Crippen molar-refractivity contribution in [1.82, 2.24) is 5.32 Å². The molecule has 0 atom stereocenters. The molecule has 2 rings (SSSR count). The number of aromatic hydroxyl groups is 1. The van der Waals surface area contributed by atoms with E-state index in [0.29, 0.717) is 18.7 Å². The third kappa shape index (κ3) is 3.75. The van der Waals surface area contributed by atoms with E-state index in [4.69, 9.17) is 0 Å². The Bertz CT molecular complexity index is 538. The molecule has 100 valence electrons. The maximum absolute atomic E-state index is 13.1. The summed E-state index contributed by atoms with van der Waals surface area (Å²) >= 11 is 3.33. The molecule has 5 heteroatoms. The predicted octanol–water partition coefficient (Wildman–Crippen LogP) is 3.72. The van der Waals surface area contributed by atoms with Crippen LogP contribution in [0.25, 0.3) is 0 Å². The van der Waals surface area contributed by atoms with Crippen molar-refractivity contribution in [2.75, 3.05) is 0 Å². The summed E-state index contributed by atoms with van der Waals surface area (Å²) in [6, 6.07) is 8.19. The molecule has 0 aromatic heterocycles. The molecule has 0 fully saturated rings. The Balaban J connectivity index is 2.00. The monoisotopic (exact) mass is 327 g/mol. The van der Waals surface area contributed by atoms with Crippen molar-refractivity contribution < 1.29 is 13.9 Å². The molecule has 0 unspecified atom stereocenters. The topological polar surface area (TPSA) is 32.3 Å². The second-order valence-electron chi connectivity index (χ2n) is 4.11. The summed E-state index contributed by atoms with van der Waals surface area (Å²) in [5, 5.41) is 12.6. The van der Waals surface area contributed by atoms with E-state index in [-0.39, 0.29) is 11.6 Å². The quantitative estimate of drug-likeness (QED) is 0.896. The highest BCUT2D eigenvalue weighted by Crippen LogP contribution is 2.19. The van der Waals surface area contributed by atoms with Gasteiger partial charge in [-0.05, 0) is 42.0 Å². The van der Waals surface area contributed by atoms with Crippen molar-refractivity contribution in [1.29, 1.82) is 0 Å². The molecular weight excluding hydrogens is 316 g/mol. The normalized spacial score (nSPS) is 10.7. The molecule has 0 saturated heterocycles. The van der Waals surface area contributed by atoms with E-state index in [1.54, 1.807) is 6.07 Å². The van der Waals surface area contributed by atoms with E-state index in [0.717, 1.165) is 10.0 Å². The summed E-state index contributed by atoms with van der Waals surface area (Å²) in [6.07, 6.45) is 0. The lowest BCUT2D eigenvalue weighted by Crippen LogP contribution is -2.13. The van der Waals surface area contributed by atoms with Gasteiger partial charge in [0.1, 0.15) is 17.4 Å². The first kappa shape index (κ1) is 14.0. The second kappa shape index (κ2) is 6.12. The summed E-state index contributed by atoms with van der Waals surface area (Å²) in [5.41, 5.74) is 1.23. The number of phenols is 1. The van der Waals surface area contributed by atoms with Crippen LogP contribution in [0.4, 0.5) is 8.78 Å². The van der Waals surface area contributed by atoms with Gasteiger partial charge in [0, 0.05) is 23.1 Å². The maximum Gasteiger partial charge on any atom is 0.123 e. The number of halogens is 3. The van der Waals surface area contributed by atoms with Crippen molar-refractivity contribution >= 4 is 15.9 Å². The van der Waals surface area contributed by atoms with Gasteiger partial charge in [-0.3, -0.25) is 0 Å². The highest BCUT2D eigenvalue weighted by molar-refractivity contribution is 9.10. The zero-order valence-electron chi connectivity index (χ0n) is 9.96. The van der Waals surface area contributed by atoms with Crippen molar-refractivity contribution in [3.8, 4) is 5.75 Å². The van der Waals surface area contributed by atoms with Gasteiger partial charge >= 0.3 is 0 Å². The Labute approximate surface area is 118 Å². The Hall–Kier alpha value is -1.46. The number of benzene rings is 2. The van der Waals surface area contributed by atoms with Crippen LogP contribution in [-0.4, -0.2) is 5.11 Å². The number of hydrogen-bond acceptors (Lipinski definition) is 2. The lowest BCUT2D eigenvalue weighted by atomic mass is 10.2. The lowest BCUT2D eigenvalue weighted by Gasteiger charge is -2.08. The Morgan fingerprint density at radius 2 is 1.53 bits per heavy atom. The first-order valence-corrected chi connectivity index (χ1v) is 6.47. The van der Waals surface area contributed by atoms with Crippen molar-refractivity contribution in [3.05, 3.63) is 63.6 Å². The molecule has 2 N–H and O–H groups in total. The Morgan fingerprint density at radius 3 is 2.26 bits per heavy atom. The molecule has 2 aromatic rings. The molecule has 0 aliphatic heterocycles. The van der Waals surface area contributed by atoms with Crippen LogP contribution in [0, 0.1) is 11.6 Å². The van der Waals surface area contributed by atoms with Crippen LogP contribution >= 0.6 is 15.9 Å². The number of phenolic OH excluding ortho intramolecular Hbond substituents is 1. The van der Waals surface area contributed by atoms with Crippen LogP contribution in [0.1, 0.15) is 11.1 Å². The summed E-state index contributed by atoms with van der Waals surface area (Å²) in [4.78, 5) is 0. The lowest BCUT2D eigenvalue weighted by molar-refractivity contribution is 0.461. The van der Waals surface area contributed by atoms with Gasteiger partial charge in [0.05, 0.1) is 0 Å². The van der Waals surface area contributed by atoms with E-state index in [9.17, 15) is 13.9 Å². The molecule has 0 spiro atoms. The van der Waals surface area contributed by atoms with Gasteiger partial charge in [0.2, 0.25) is 0 Å². The fraction of sp³-hybridized carbons (Fsp3) is 0.143. The minimum atomic E-state index is -0.401. The summed E-state index contributed by atoms with van der Waals surface area (Å²) in [5.74, 6) is -0.678. The number of hydrogen-bond donors (Lipinski definition) is 2. The smallest absolute Gasteiger partial charge is 0.123 e. The molecule has 2 aromatic carbocycles. The highest BCUT2D eigenvalue weighted by atomic mass is 79.9. The summed E-state index contributed by atoms with van der Waals surface area (Å²) in [7, 11) is 0. The van der Waals surface area contributed by atoms with E-state index in [2.05, 4.69) is 21.2 Å². The van der Waals surface area contributed by atoms with Crippen molar-refractivity contribution in [3.63, 3.8) is 0 Å². The van der Waals surface area contributed by atoms with Crippen LogP contribution in [0.15, 0.2) is 40.9 Å². The minimum absolute atomic E-state index is 0.0345. The third-order valence-corrected chi connectivity index (χ3v) is 3.45. The number of rotatable bonds is 4. The Morgan fingerprint density at radius 1 is 0.947 bits per heavy atom. The molecule has 0 aliphatic carbocycles. The molecule has 0 bridgehead atoms. The van der Waals surface area contributed by atoms with Crippen molar-refractivity contribution in [2.45, 2.75) is 13.1 Å². The molecule has 19 heavy (non-hydrogen) atoms. The summed E-state index contributed by atoms with van der Waals surface area (Å²) < 4.78 is 26.9. The van der Waals surface area contributed by atoms with E-state index in [1.165, 1.54) is 30.3 Å². The second-order valence-corrected chi connectivity index (χ2v) is 4.97. The van der Waals surface area contributed by atoms with Crippen LogP contribution in [-0.2, 0) is 13.1 Å². The van der Waals surface area contributed by atoms with Gasteiger partial charge in [0.15, 0.2) is 0 Å². The van der Waals surface area contributed by atoms with E-state index >= 15 is 0 Å². The average molecular weight is 328 g/mol. The fourth-order valence-electron chi connectivity index (χ4n) is 1.71. The third-order valence-electron chi connectivity index (χ3n) is 2.68. The minimum Gasteiger partial charge on any atom is -0.508 e. The maximum atomic E-state index is 13.1. The zero-order valence-corrected chi connectivity index (χ0v) is 11.5. The molecule has 0 heterocycles. The highest BCUT2D eigenvalue weighted by Gasteiger charge is 2.05. The fourth-order valence-corrected chi connectivity index (χ4v) is 2.09. The largest absolute Gasteiger partial charge is 0.508 e. The molecule has 0 amide bonds. The van der Waals surface area contributed by atoms with Gasteiger partial charge in [-0.1, -0.05) is 15.9 Å². The first-order chi connectivity index (χ1) is 9.06. The van der Waals surface area contributed by atoms with Gasteiger partial charge in [-0.15, -0.1) is 0 Å². The molecule has 2 nitrogen and oxygen atoms in total. The molecule has 0 saturated carbocycles. The van der Waals surface area contributed by atoms with Crippen LogP contribution in [0.3, 0.4) is 0 Å². The van der Waals surface area contributed by atoms with Gasteiger partial charge in [-0.2, -0.15) is 0 Å². The van der Waals surface area contributed by atoms with Crippen LogP contribution < -0.4 is 5.32 Å². The van der Waals surface area contributed by atoms with Crippen LogP contribution in [0.5, 0.6) is 5.75 Å². The average Bonchev–Trinajstić information content (AvgIpc) is 2.38. The first-order valence-electron chi connectivity index (χ1n) is 5.68. The van der Waals surface area contributed by atoms with Gasteiger partial charge in [0.25, 0.3) is 0 Å². The molecule has 0 aliphatic rings.